The van der Waals surface area contributed by atoms with Crippen LogP contribution in [0, 0.1) is 23.0 Å². The molecule has 1 unspecified atom stereocenters. The van der Waals surface area contributed by atoms with Gasteiger partial charge in [-0.1, -0.05) is 0 Å². The van der Waals surface area contributed by atoms with Gasteiger partial charge in [-0.25, -0.2) is 14.5 Å². The van der Waals surface area contributed by atoms with Gasteiger partial charge in [0, 0.05) is 26.7 Å². The average Bonchev–Trinajstić information content (AvgIpc) is 2.71. The third-order valence-electron chi connectivity index (χ3n) is 3.74. The zero-order chi connectivity index (χ0) is 16.5. The highest BCUT2D eigenvalue weighted by Crippen LogP contribution is 2.33. The van der Waals surface area contributed by atoms with Crippen molar-refractivity contribution in [2.24, 2.45) is 18.1 Å². The molecule has 1 atom stereocenters. The molecule has 0 bridgehead atoms. The highest BCUT2D eigenvalue weighted by Gasteiger charge is 2.31. The van der Waals surface area contributed by atoms with Crippen molar-refractivity contribution in [3.8, 4) is 0 Å². The Balaban J connectivity index is 2.18. The Bertz CT molecular complexity index is 670. The van der Waals surface area contributed by atoms with E-state index in [-0.39, 0.29) is 18.2 Å². The number of piperidine rings is 1. The molecule has 1 fully saturated rings. The van der Waals surface area contributed by atoms with E-state index >= 15 is 0 Å². The molecule has 10 nitrogen and oxygen atoms in total. The first-order valence-electron chi connectivity index (χ1n) is 6.89. The minimum Gasteiger partial charge on any atom is -0.351 e. The summed E-state index contributed by atoms with van der Waals surface area (Å²) in [5.41, 5.74) is 0.370. The summed E-state index contributed by atoms with van der Waals surface area (Å²) in [4.78, 5) is 12.7. The van der Waals surface area contributed by atoms with Crippen LogP contribution >= 0.6 is 0 Å². The molecule has 0 aliphatic carbocycles. The van der Waals surface area contributed by atoms with Crippen LogP contribution in [0.5, 0.6) is 0 Å². The molecule has 11 heteroatoms. The number of aryl methyl sites for hydroxylation is 2. The van der Waals surface area contributed by atoms with Crippen LogP contribution in [-0.4, -0.2) is 42.8 Å². The second-order valence-corrected chi connectivity index (χ2v) is 6.86. The number of nitrogens with two attached hydrogens (primary N) is 1. The third-order valence-corrected chi connectivity index (χ3v) is 4.30. The molecule has 0 spiro atoms. The SMILES string of the molecule is Cc1nn(C)c(N2CCCC(CNS(N)(=O)=O)C2)c1[N+](=O)[O-]. The van der Waals surface area contributed by atoms with E-state index in [4.69, 9.17) is 5.14 Å². The summed E-state index contributed by atoms with van der Waals surface area (Å²) in [5, 5.41) is 20.3. The molecule has 2 heterocycles. The normalized spacial score (nSPS) is 19.4. The molecule has 2 rings (SSSR count). The Morgan fingerprint density at radius 2 is 2.23 bits per heavy atom. The molecule has 1 saturated heterocycles. The van der Waals surface area contributed by atoms with E-state index in [9.17, 15) is 18.5 Å². The number of hydrogen-bond donors (Lipinski definition) is 2. The Labute approximate surface area is 128 Å². The van der Waals surface area contributed by atoms with E-state index in [0.29, 0.717) is 24.6 Å². The topological polar surface area (TPSA) is 136 Å². The van der Waals surface area contributed by atoms with Crippen molar-refractivity contribution < 1.29 is 13.3 Å². The molecule has 1 aliphatic rings. The van der Waals surface area contributed by atoms with Gasteiger partial charge in [0.05, 0.1) is 4.92 Å². The quantitative estimate of drug-likeness (QED) is 0.558. The fourth-order valence-corrected chi connectivity index (χ4v) is 3.33. The van der Waals surface area contributed by atoms with E-state index in [2.05, 4.69) is 9.82 Å². The summed E-state index contributed by atoms with van der Waals surface area (Å²) in [6.07, 6.45) is 1.65. The van der Waals surface area contributed by atoms with Gasteiger partial charge < -0.3 is 4.90 Å². The zero-order valence-electron chi connectivity index (χ0n) is 12.5. The van der Waals surface area contributed by atoms with Gasteiger partial charge in [0.2, 0.25) is 5.82 Å². The van der Waals surface area contributed by atoms with Gasteiger partial charge in [-0.3, -0.25) is 10.1 Å². The Morgan fingerprint density at radius 3 is 2.82 bits per heavy atom. The van der Waals surface area contributed by atoms with Crippen molar-refractivity contribution in [3.05, 3.63) is 15.8 Å². The van der Waals surface area contributed by atoms with Crippen molar-refractivity contribution in [1.82, 2.24) is 14.5 Å². The molecule has 1 aliphatic heterocycles. The number of nitrogens with zero attached hydrogens (tertiary/aromatic N) is 4. The second-order valence-electron chi connectivity index (χ2n) is 5.49. The smallest absolute Gasteiger partial charge is 0.333 e. The molecule has 0 amide bonds. The zero-order valence-corrected chi connectivity index (χ0v) is 13.3. The molecule has 0 radical (unpaired) electrons. The molecule has 22 heavy (non-hydrogen) atoms. The number of anilines is 1. The lowest BCUT2D eigenvalue weighted by atomic mass is 9.98. The summed E-state index contributed by atoms with van der Waals surface area (Å²) in [7, 11) is -2.06. The molecular formula is C11H20N6O4S. The molecular weight excluding hydrogens is 312 g/mol. The Kier molecular flexibility index (Phi) is 4.68. The summed E-state index contributed by atoms with van der Waals surface area (Å²) < 4.78 is 25.7. The van der Waals surface area contributed by atoms with Crippen LogP contribution in [0.1, 0.15) is 18.5 Å². The van der Waals surface area contributed by atoms with E-state index < -0.39 is 15.1 Å². The third kappa shape index (κ3) is 3.72. The predicted octanol–water partition coefficient (Wildman–Crippen LogP) is -0.354. The van der Waals surface area contributed by atoms with Crippen LogP contribution in [0.15, 0.2) is 0 Å². The minimum atomic E-state index is -3.73. The number of nitro groups is 1. The summed E-state index contributed by atoms with van der Waals surface area (Å²) in [6.45, 7) is 3.01. The van der Waals surface area contributed by atoms with Crippen LogP contribution in [0.2, 0.25) is 0 Å². The molecule has 0 aromatic carbocycles. The van der Waals surface area contributed by atoms with Crippen molar-refractivity contribution >= 4 is 21.7 Å². The fourth-order valence-electron chi connectivity index (χ4n) is 2.86. The van der Waals surface area contributed by atoms with Crippen LogP contribution in [0.4, 0.5) is 11.5 Å². The summed E-state index contributed by atoms with van der Waals surface area (Å²) in [6, 6.07) is 0. The highest BCUT2D eigenvalue weighted by atomic mass is 32.2. The maximum absolute atomic E-state index is 11.3. The molecule has 124 valence electrons. The van der Waals surface area contributed by atoms with Crippen LogP contribution in [0.25, 0.3) is 0 Å². The number of nitrogens with one attached hydrogen (secondary N) is 1. The van der Waals surface area contributed by atoms with Crippen molar-refractivity contribution in [2.45, 2.75) is 19.8 Å². The minimum absolute atomic E-state index is 0.00237. The second kappa shape index (κ2) is 6.18. The van der Waals surface area contributed by atoms with Gasteiger partial charge in [-0.05, 0) is 25.7 Å². The number of aromatic nitrogens is 2. The number of rotatable bonds is 5. The Hall–Kier alpha value is -1.72. The first-order chi connectivity index (χ1) is 10.2. The van der Waals surface area contributed by atoms with Gasteiger partial charge in [-0.15, -0.1) is 0 Å². The van der Waals surface area contributed by atoms with Gasteiger partial charge in [0.15, 0.2) is 0 Å². The van der Waals surface area contributed by atoms with E-state index in [0.717, 1.165) is 12.8 Å². The van der Waals surface area contributed by atoms with Gasteiger partial charge >= 0.3 is 5.69 Å². The Morgan fingerprint density at radius 1 is 1.55 bits per heavy atom. The monoisotopic (exact) mass is 332 g/mol. The molecule has 0 saturated carbocycles. The van der Waals surface area contributed by atoms with E-state index in [1.165, 1.54) is 4.68 Å². The fraction of sp³-hybridized carbons (Fsp3) is 0.727. The summed E-state index contributed by atoms with van der Waals surface area (Å²) in [5.74, 6) is 0.504. The van der Waals surface area contributed by atoms with Crippen LogP contribution in [-0.2, 0) is 17.3 Å². The molecule has 1 aromatic heterocycles. The largest absolute Gasteiger partial charge is 0.351 e. The van der Waals surface area contributed by atoms with Crippen LogP contribution < -0.4 is 14.8 Å². The van der Waals surface area contributed by atoms with E-state index in [1.54, 1.807) is 14.0 Å². The summed E-state index contributed by atoms with van der Waals surface area (Å²) >= 11 is 0. The van der Waals surface area contributed by atoms with Gasteiger partial charge in [0.1, 0.15) is 5.69 Å². The average molecular weight is 332 g/mol. The first kappa shape index (κ1) is 16.6. The van der Waals surface area contributed by atoms with Crippen molar-refractivity contribution in [3.63, 3.8) is 0 Å². The molecule has 3 N–H and O–H groups in total. The lowest BCUT2D eigenvalue weighted by molar-refractivity contribution is -0.384. The van der Waals surface area contributed by atoms with Gasteiger partial charge in [-0.2, -0.15) is 13.5 Å². The van der Waals surface area contributed by atoms with Crippen molar-refractivity contribution in [1.29, 1.82) is 0 Å². The standard InChI is InChI=1S/C11H20N6O4S/c1-8-10(17(18)19)11(15(2)14-8)16-5-3-4-9(7-16)6-13-22(12,20)21/h9,13H,3-7H2,1-2H3,(H2,12,20,21). The first-order valence-corrected chi connectivity index (χ1v) is 8.44. The maximum Gasteiger partial charge on any atom is 0.333 e. The number of hydrogen-bond acceptors (Lipinski definition) is 6. The van der Waals surface area contributed by atoms with Crippen molar-refractivity contribution in [2.75, 3.05) is 24.5 Å². The highest BCUT2D eigenvalue weighted by molar-refractivity contribution is 7.87. The predicted molar refractivity (Wildman–Crippen MR) is 80.6 cm³/mol. The van der Waals surface area contributed by atoms with Crippen LogP contribution in [0.3, 0.4) is 0 Å². The van der Waals surface area contributed by atoms with Gasteiger partial charge in [0.25, 0.3) is 10.2 Å². The lowest BCUT2D eigenvalue weighted by Gasteiger charge is -2.33. The lowest BCUT2D eigenvalue weighted by Crippen LogP contribution is -2.43. The molecule has 1 aromatic rings. The maximum atomic E-state index is 11.3. The van der Waals surface area contributed by atoms with E-state index in [1.807, 2.05) is 4.90 Å².